The highest BCUT2D eigenvalue weighted by atomic mass is 35.5. The molecule has 1 aromatic carbocycles. The van der Waals surface area contributed by atoms with Crippen LogP contribution in [0.3, 0.4) is 0 Å². The van der Waals surface area contributed by atoms with E-state index >= 15 is 0 Å². The number of rotatable bonds is 7. The maximum Gasteiger partial charge on any atom is 0.247 e. The van der Waals surface area contributed by atoms with Crippen LogP contribution in [-0.2, 0) is 11.8 Å². The molecule has 0 saturated carbocycles. The number of halogens is 2. The molecule has 0 atom stereocenters. The Bertz CT molecular complexity index is 1340. The molecule has 0 bridgehead atoms. The third kappa shape index (κ3) is 5.31. The first-order valence-electron chi connectivity index (χ1n) is 9.66. The number of benzene rings is 1. The lowest BCUT2D eigenvalue weighted by Crippen LogP contribution is -2.07. The average Bonchev–Trinajstić information content (AvgIpc) is 3.20. The van der Waals surface area contributed by atoms with E-state index in [2.05, 4.69) is 42.6 Å². The van der Waals surface area contributed by atoms with Crippen molar-refractivity contribution in [2.75, 3.05) is 16.0 Å². The summed E-state index contributed by atoms with van der Waals surface area (Å²) in [6, 6.07) is 8.28. The monoisotopic (exact) mass is 464 g/mol. The summed E-state index contributed by atoms with van der Waals surface area (Å²) in [6.07, 6.45) is 7.57. The molecule has 11 heteroatoms. The number of pyridine rings is 1. The van der Waals surface area contributed by atoms with E-state index in [1.807, 2.05) is 0 Å². The first-order chi connectivity index (χ1) is 15.9. The molecule has 0 unspecified atom stereocenters. The Morgan fingerprint density at radius 2 is 1.94 bits per heavy atom. The number of carbonyl (C=O) groups excluding carboxylic acids is 1. The van der Waals surface area contributed by atoms with Crippen LogP contribution in [0.2, 0.25) is 5.15 Å². The lowest BCUT2D eigenvalue weighted by atomic mass is 10.1. The third-order valence-electron chi connectivity index (χ3n) is 4.44. The number of hydrogen-bond donors (Lipinski definition) is 3. The number of carbonyl (C=O) groups is 1. The van der Waals surface area contributed by atoms with Gasteiger partial charge >= 0.3 is 0 Å². The van der Waals surface area contributed by atoms with Crippen LogP contribution in [-0.4, -0.2) is 30.6 Å². The van der Waals surface area contributed by atoms with E-state index in [1.54, 1.807) is 54.6 Å². The SMILES string of the molecule is C=CC(=O)Nc1cccc(Nc2nc(Nc3cnn(C)c3)ncc2-c2cnc(Cl)c(F)c2)c1. The Morgan fingerprint density at radius 3 is 2.67 bits per heavy atom. The fourth-order valence-corrected chi connectivity index (χ4v) is 3.04. The van der Waals surface area contributed by atoms with Crippen molar-refractivity contribution < 1.29 is 9.18 Å². The summed E-state index contributed by atoms with van der Waals surface area (Å²) in [5, 5.41) is 12.8. The van der Waals surface area contributed by atoms with E-state index in [4.69, 9.17) is 11.6 Å². The van der Waals surface area contributed by atoms with Crippen molar-refractivity contribution in [3.05, 3.63) is 78.7 Å². The quantitative estimate of drug-likeness (QED) is 0.269. The number of anilines is 5. The van der Waals surface area contributed by atoms with Crippen LogP contribution in [0.5, 0.6) is 0 Å². The smallest absolute Gasteiger partial charge is 0.247 e. The number of aryl methyl sites for hydroxylation is 1. The van der Waals surface area contributed by atoms with Crippen LogP contribution in [0.1, 0.15) is 0 Å². The fourth-order valence-electron chi connectivity index (χ4n) is 2.94. The first kappa shape index (κ1) is 21.9. The zero-order valence-electron chi connectivity index (χ0n) is 17.4. The van der Waals surface area contributed by atoms with Crippen molar-refractivity contribution in [3.63, 3.8) is 0 Å². The Hall–Kier alpha value is -4.31. The maximum atomic E-state index is 14.1. The molecular formula is C22H18ClFN8O. The van der Waals surface area contributed by atoms with Crippen LogP contribution < -0.4 is 16.0 Å². The van der Waals surface area contributed by atoms with Gasteiger partial charge in [-0.15, -0.1) is 0 Å². The summed E-state index contributed by atoms with van der Waals surface area (Å²) >= 11 is 5.73. The Morgan fingerprint density at radius 1 is 1.12 bits per heavy atom. The first-order valence-corrected chi connectivity index (χ1v) is 10.0. The van der Waals surface area contributed by atoms with Crippen molar-refractivity contribution in [3.8, 4) is 11.1 Å². The molecule has 166 valence electrons. The molecule has 0 aliphatic heterocycles. The topological polar surface area (TPSA) is 110 Å². The molecule has 4 rings (SSSR count). The molecule has 0 aliphatic rings. The van der Waals surface area contributed by atoms with Crippen molar-refractivity contribution in [2.45, 2.75) is 0 Å². The largest absolute Gasteiger partial charge is 0.339 e. The van der Waals surface area contributed by atoms with Gasteiger partial charge in [-0.3, -0.25) is 9.48 Å². The zero-order chi connectivity index (χ0) is 23.4. The van der Waals surface area contributed by atoms with Gasteiger partial charge in [0.15, 0.2) is 11.0 Å². The van der Waals surface area contributed by atoms with Crippen LogP contribution in [0.25, 0.3) is 11.1 Å². The van der Waals surface area contributed by atoms with Gasteiger partial charge in [-0.1, -0.05) is 24.2 Å². The minimum atomic E-state index is -0.660. The standard InChI is InChI=1S/C22H18ClFN8O/c1-3-19(33)28-14-5-4-6-15(8-14)29-21-17(13-7-18(24)20(23)25-9-13)11-26-22(31-21)30-16-10-27-32(2)12-16/h3-12H,1H2,2H3,(H,28,33)(H2,26,29,30,31). The Labute approximate surface area is 193 Å². The zero-order valence-corrected chi connectivity index (χ0v) is 18.1. The van der Waals surface area contributed by atoms with E-state index in [1.165, 1.54) is 18.3 Å². The Balaban J connectivity index is 1.71. The van der Waals surface area contributed by atoms with Crippen LogP contribution in [0.4, 0.5) is 33.2 Å². The summed E-state index contributed by atoms with van der Waals surface area (Å²) in [5.41, 5.74) is 2.82. The van der Waals surface area contributed by atoms with Gasteiger partial charge < -0.3 is 16.0 Å². The normalized spacial score (nSPS) is 10.5. The Kier molecular flexibility index (Phi) is 6.27. The number of aromatic nitrogens is 5. The average molecular weight is 465 g/mol. The van der Waals surface area contributed by atoms with E-state index in [0.717, 1.165) is 0 Å². The summed E-state index contributed by atoms with van der Waals surface area (Å²) in [7, 11) is 1.79. The molecule has 9 nitrogen and oxygen atoms in total. The number of nitrogens with one attached hydrogen (secondary N) is 3. The molecular weight excluding hydrogens is 447 g/mol. The van der Waals surface area contributed by atoms with Gasteiger partial charge in [0, 0.05) is 48.1 Å². The van der Waals surface area contributed by atoms with Gasteiger partial charge in [0.25, 0.3) is 0 Å². The van der Waals surface area contributed by atoms with Crippen molar-refractivity contribution in [1.29, 1.82) is 0 Å². The van der Waals surface area contributed by atoms with E-state index in [9.17, 15) is 9.18 Å². The van der Waals surface area contributed by atoms with Gasteiger partial charge in [-0.05, 0) is 30.3 Å². The van der Waals surface area contributed by atoms with Gasteiger partial charge in [0.05, 0.1) is 11.9 Å². The molecule has 0 aliphatic carbocycles. The van der Waals surface area contributed by atoms with Gasteiger partial charge in [0.1, 0.15) is 5.82 Å². The summed E-state index contributed by atoms with van der Waals surface area (Å²) in [4.78, 5) is 24.4. The predicted octanol–water partition coefficient (Wildman–Crippen LogP) is 4.68. The van der Waals surface area contributed by atoms with E-state index in [0.29, 0.717) is 40.0 Å². The van der Waals surface area contributed by atoms with Crippen LogP contribution >= 0.6 is 11.6 Å². The minimum Gasteiger partial charge on any atom is -0.339 e. The number of nitrogens with zero attached hydrogens (tertiary/aromatic N) is 5. The molecule has 0 spiro atoms. The second kappa shape index (κ2) is 9.45. The molecule has 4 aromatic rings. The predicted molar refractivity (Wildman–Crippen MR) is 125 cm³/mol. The molecule has 33 heavy (non-hydrogen) atoms. The van der Waals surface area contributed by atoms with Gasteiger partial charge in [0.2, 0.25) is 11.9 Å². The summed E-state index contributed by atoms with van der Waals surface area (Å²) in [6.45, 7) is 3.45. The molecule has 1 amide bonds. The highest BCUT2D eigenvalue weighted by Gasteiger charge is 2.14. The third-order valence-corrected chi connectivity index (χ3v) is 4.71. The second-order valence-corrected chi connectivity index (χ2v) is 7.24. The van der Waals surface area contributed by atoms with E-state index in [-0.39, 0.29) is 11.1 Å². The lowest BCUT2D eigenvalue weighted by molar-refractivity contribution is -0.111. The summed E-state index contributed by atoms with van der Waals surface area (Å²) < 4.78 is 15.7. The lowest BCUT2D eigenvalue weighted by Gasteiger charge is -2.14. The fraction of sp³-hybridized carbons (Fsp3) is 0.0455. The highest BCUT2D eigenvalue weighted by Crippen LogP contribution is 2.31. The molecule has 0 fully saturated rings. The van der Waals surface area contributed by atoms with Crippen LogP contribution in [0.15, 0.2) is 67.8 Å². The van der Waals surface area contributed by atoms with Crippen molar-refractivity contribution in [1.82, 2.24) is 24.7 Å². The van der Waals surface area contributed by atoms with E-state index < -0.39 is 5.82 Å². The number of amides is 1. The second-order valence-electron chi connectivity index (χ2n) is 6.88. The number of hydrogen-bond acceptors (Lipinski definition) is 7. The molecule has 0 saturated heterocycles. The van der Waals surface area contributed by atoms with Crippen LogP contribution in [0, 0.1) is 5.82 Å². The summed E-state index contributed by atoms with van der Waals surface area (Å²) in [5.74, 6) is -0.313. The van der Waals surface area contributed by atoms with Crippen molar-refractivity contribution in [2.24, 2.45) is 7.05 Å². The molecule has 0 radical (unpaired) electrons. The molecule has 3 N–H and O–H groups in total. The molecule has 3 heterocycles. The maximum absolute atomic E-state index is 14.1. The van der Waals surface area contributed by atoms with Crippen molar-refractivity contribution >= 4 is 46.3 Å². The van der Waals surface area contributed by atoms with Gasteiger partial charge in [-0.25, -0.2) is 14.4 Å². The highest BCUT2D eigenvalue weighted by molar-refractivity contribution is 6.29. The molecule has 3 aromatic heterocycles. The van der Waals surface area contributed by atoms with Gasteiger partial charge in [-0.2, -0.15) is 10.1 Å². The minimum absolute atomic E-state index is 0.227.